The third-order valence-corrected chi connectivity index (χ3v) is 11.2. The predicted molar refractivity (Wildman–Crippen MR) is 146 cm³/mol. The maximum Gasteiger partial charge on any atom is 0.417 e. The van der Waals surface area contributed by atoms with Crippen LogP contribution in [0.3, 0.4) is 0 Å². The van der Waals surface area contributed by atoms with Gasteiger partial charge in [0.05, 0.1) is 23.7 Å². The van der Waals surface area contributed by atoms with E-state index in [1.807, 2.05) is 0 Å². The Labute approximate surface area is 235 Å². The van der Waals surface area contributed by atoms with Crippen molar-refractivity contribution in [1.29, 1.82) is 0 Å². The summed E-state index contributed by atoms with van der Waals surface area (Å²) in [6, 6.07) is 4.52. The average Bonchev–Trinajstić information content (AvgIpc) is 3.19. The van der Waals surface area contributed by atoms with Crippen LogP contribution in [0.2, 0.25) is 0 Å². The second-order valence-corrected chi connectivity index (χ2v) is 15.2. The highest BCUT2D eigenvalue weighted by atomic mass is 32.2. The van der Waals surface area contributed by atoms with Gasteiger partial charge < -0.3 is 9.30 Å². The van der Waals surface area contributed by atoms with E-state index in [4.69, 9.17) is 4.74 Å². The number of ether oxygens (including phenoxy) is 1. The van der Waals surface area contributed by atoms with Crippen LogP contribution in [0.15, 0.2) is 34.1 Å². The van der Waals surface area contributed by atoms with Gasteiger partial charge in [0.15, 0.2) is 0 Å². The molecule has 1 aliphatic carbocycles. The quantitative estimate of drug-likeness (QED) is 0.470. The summed E-state index contributed by atoms with van der Waals surface area (Å²) in [6.45, 7) is 7.69. The maximum atomic E-state index is 14.3. The molecule has 224 valence electrons. The first-order valence-corrected chi connectivity index (χ1v) is 16.5. The van der Waals surface area contributed by atoms with Gasteiger partial charge in [-0.2, -0.15) is 17.5 Å². The molecule has 2 fully saturated rings. The Morgan fingerprint density at radius 1 is 0.950 bits per heavy atom. The van der Waals surface area contributed by atoms with Crippen LogP contribution < -0.4 is 4.72 Å². The van der Waals surface area contributed by atoms with Crippen molar-refractivity contribution in [3.8, 4) is 11.3 Å². The average molecular weight is 606 g/mol. The van der Waals surface area contributed by atoms with Crippen LogP contribution in [0.5, 0.6) is 0 Å². The summed E-state index contributed by atoms with van der Waals surface area (Å²) in [6.07, 6.45) is 0.155. The van der Waals surface area contributed by atoms with Crippen molar-refractivity contribution < 1.29 is 34.7 Å². The minimum Gasteiger partial charge on any atom is -0.379 e. The van der Waals surface area contributed by atoms with Gasteiger partial charge >= 0.3 is 6.18 Å². The van der Waals surface area contributed by atoms with Gasteiger partial charge in [-0.3, -0.25) is 0 Å². The fourth-order valence-corrected chi connectivity index (χ4v) is 8.79. The van der Waals surface area contributed by atoms with Gasteiger partial charge in [-0.15, -0.1) is 0 Å². The molecule has 2 heterocycles. The molecule has 2 aliphatic rings. The maximum absolute atomic E-state index is 14.3. The lowest BCUT2D eigenvalue weighted by Gasteiger charge is -2.26. The lowest BCUT2D eigenvalue weighted by atomic mass is 9.89. The number of halogens is 3. The van der Waals surface area contributed by atoms with E-state index in [-0.39, 0.29) is 42.7 Å². The van der Waals surface area contributed by atoms with Crippen molar-refractivity contribution in [2.24, 2.45) is 5.92 Å². The number of aromatic nitrogens is 1. The fraction of sp³-hybridized carbons (Fsp3) is 0.630. The molecule has 1 aromatic heterocycles. The van der Waals surface area contributed by atoms with E-state index >= 15 is 0 Å². The zero-order valence-electron chi connectivity index (χ0n) is 23.3. The Morgan fingerprint density at radius 2 is 1.57 bits per heavy atom. The Morgan fingerprint density at radius 3 is 2.15 bits per heavy atom. The van der Waals surface area contributed by atoms with Crippen LogP contribution >= 0.6 is 0 Å². The summed E-state index contributed by atoms with van der Waals surface area (Å²) in [7, 11) is -8.42. The molecule has 0 atom stereocenters. The summed E-state index contributed by atoms with van der Waals surface area (Å²) >= 11 is 0. The molecule has 1 saturated heterocycles. The van der Waals surface area contributed by atoms with Gasteiger partial charge in [0, 0.05) is 36.6 Å². The molecule has 1 aromatic carbocycles. The van der Waals surface area contributed by atoms with Crippen LogP contribution in [0, 0.1) is 12.8 Å². The highest BCUT2D eigenvalue weighted by Gasteiger charge is 2.39. The minimum absolute atomic E-state index is 0.0415. The summed E-state index contributed by atoms with van der Waals surface area (Å²) in [5.74, 6) is 0.260. The monoisotopic (exact) mass is 605 g/mol. The molecule has 0 amide bonds. The predicted octanol–water partition coefficient (Wildman–Crippen LogP) is 5.16. The van der Waals surface area contributed by atoms with Gasteiger partial charge in [0.1, 0.15) is 4.90 Å². The van der Waals surface area contributed by atoms with Crippen molar-refractivity contribution in [1.82, 2.24) is 13.6 Å². The second-order valence-electron chi connectivity index (χ2n) is 11.7. The highest BCUT2D eigenvalue weighted by molar-refractivity contribution is 7.89. The van der Waals surface area contributed by atoms with Gasteiger partial charge in [-0.05, 0) is 70.2 Å². The first-order valence-electron chi connectivity index (χ1n) is 13.5. The second kappa shape index (κ2) is 11.4. The number of nitrogens with zero attached hydrogens (tertiary/aromatic N) is 2. The number of hydrogen-bond acceptors (Lipinski definition) is 5. The minimum atomic E-state index is -4.96. The van der Waals surface area contributed by atoms with Crippen molar-refractivity contribution >= 4 is 20.0 Å². The Hall–Kier alpha value is -1.93. The lowest BCUT2D eigenvalue weighted by Crippen LogP contribution is -2.41. The molecule has 0 spiro atoms. The Bertz CT molecular complexity index is 1430. The smallest absolute Gasteiger partial charge is 0.379 e. The molecule has 1 aliphatic heterocycles. The zero-order valence-corrected chi connectivity index (χ0v) is 25.0. The SMILES string of the molecule is Cc1c(S(=O)(=O)N2CCOCC2)cc(-c2ccc(S(=O)(=O)NC(C)(C)C)c(C(F)(F)F)c2)n1CC1CCCCC1. The number of nitrogens with one attached hydrogen (secondary N) is 1. The first-order chi connectivity index (χ1) is 18.5. The Kier molecular flexibility index (Phi) is 8.83. The number of benzene rings is 1. The van der Waals surface area contributed by atoms with E-state index in [1.54, 1.807) is 32.3 Å². The summed E-state index contributed by atoms with van der Waals surface area (Å²) in [4.78, 5) is -0.832. The summed E-state index contributed by atoms with van der Waals surface area (Å²) in [5.41, 5.74) is -1.43. The summed E-state index contributed by atoms with van der Waals surface area (Å²) < 4.78 is 107. The molecular formula is C27H38F3N3O5S2. The van der Waals surface area contributed by atoms with Crippen LogP contribution in [0.4, 0.5) is 13.2 Å². The van der Waals surface area contributed by atoms with Crippen molar-refractivity contribution in [3.05, 3.63) is 35.5 Å². The molecule has 4 rings (SSSR count). The number of hydrogen-bond donors (Lipinski definition) is 1. The van der Waals surface area contributed by atoms with Crippen LogP contribution in [-0.2, 0) is 37.5 Å². The highest BCUT2D eigenvalue weighted by Crippen LogP contribution is 2.39. The third-order valence-electron chi connectivity index (χ3n) is 7.38. The number of rotatable bonds is 7. The molecule has 8 nitrogen and oxygen atoms in total. The molecule has 0 bridgehead atoms. The van der Waals surface area contributed by atoms with Crippen molar-refractivity contribution in [2.45, 2.75) is 87.9 Å². The third kappa shape index (κ3) is 6.75. The van der Waals surface area contributed by atoms with Gasteiger partial charge in [0.25, 0.3) is 0 Å². The van der Waals surface area contributed by atoms with E-state index in [1.165, 1.54) is 16.4 Å². The van der Waals surface area contributed by atoms with E-state index in [0.717, 1.165) is 44.2 Å². The van der Waals surface area contributed by atoms with E-state index in [2.05, 4.69) is 4.72 Å². The van der Waals surface area contributed by atoms with Crippen molar-refractivity contribution in [3.63, 3.8) is 0 Å². The van der Waals surface area contributed by atoms with Gasteiger partial charge in [-0.25, -0.2) is 21.6 Å². The molecule has 0 unspecified atom stereocenters. The molecule has 0 radical (unpaired) electrons. The molecule has 13 heteroatoms. The standard InChI is InChI=1S/C27H38F3N3O5S2/c1-19-25(40(36,37)32-12-14-38-15-13-32)17-23(33(19)18-20-8-6-5-7-9-20)21-10-11-24(22(16-21)27(28,29)30)39(34,35)31-26(2,3)4/h10-11,16-17,20,31H,5-9,12-15,18H2,1-4H3. The van der Waals surface area contributed by atoms with Gasteiger partial charge in [0.2, 0.25) is 20.0 Å². The molecule has 2 aromatic rings. The van der Waals surface area contributed by atoms with Crippen LogP contribution in [0.1, 0.15) is 64.1 Å². The van der Waals surface area contributed by atoms with Crippen LogP contribution in [-0.4, -0.2) is 57.6 Å². The normalized spacial score (nSPS) is 18.8. The largest absolute Gasteiger partial charge is 0.417 e. The summed E-state index contributed by atoms with van der Waals surface area (Å²) in [5, 5.41) is 0. The first kappa shape index (κ1) is 31.0. The van der Waals surface area contributed by atoms with Crippen LogP contribution in [0.25, 0.3) is 11.3 Å². The molecule has 1 N–H and O–H groups in total. The zero-order chi connectivity index (χ0) is 29.5. The number of sulfonamides is 2. The molecule has 1 saturated carbocycles. The van der Waals surface area contributed by atoms with Crippen molar-refractivity contribution in [2.75, 3.05) is 26.3 Å². The van der Waals surface area contributed by atoms with E-state index in [0.29, 0.717) is 17.9 Å². The molecule has 40 heavy (non-hydrogen) atoms. The van der Waals surface area contributed by atoms with Gasteiger partial charge in [-0.1, -0.05) is 25.3 Å². The Balaban J connectivity index is 1.87. The van der Waals surface area contributed by atoms with E-state index in [9.17, 15) is 30.0 Å². The van der Waals surface area contributed by atoms with E-state index < -0.39 is 42.2 Å². The fourth-order valence-electron chi connectivity index (χ4n) is 5.51. The number of alkyl halides is 3. The number of morpholine rings is 1. The topological polar surface area (TPSA) is 97.7 Å². The lowest BCUT2D eigenvalue weighted by molar-refractivity contribution is -0.139. The molecular weight excluding hydrogens is 567 g/mol.